The van der Waals surface area contributed by atoms with Gasteiger partial charge in [-0.1, -0.05) is 25.0 Å². The maximum atomic E-state index is 12.7. The fraction of sp³-hybridized carbons (Fsp3) is 0.455. The first-order valence-corrected chi connectivity index (χ1v) is 10.7. The van der Waals surface area contributed by atoms with Crippen molar-refractivity contribution in [2.45, 2.75) is 31.7 Å². The summed E-state index contributed by atoms with van der Waals surface area (Å²) in [6.45, 7) is 3.69. The van der Waals surface area contributed by atoms with Crippen molar-refractivity contribution >= 4 is 23.5 Å². The van der Waals surface area contributed by atoms with Crippen LogP contribution < -0.4 is 20.4 Å². The zero-order valence-electron chi connectivity index (χ0n) is 17.1. The molecule has 0 spiro atoms. The van der Waals surface area contributed by atoms with Gasteiger partial charge >= 0.3 is 0 Å². The molecular formula is C22H29N6O2+. The van der Waals surface area contributed by atoms with Crippen molar-refractivity contribution in [1.82, 2.24) is 15.3 Å². The second-order valence-electron chi connectivity index (χ2n) is 8.01. The van der Waals surface area contributed by atoms with E-state index in [9.17, 15) is 9.59 Å². The van der Waals surface area contributed by atoms with Gasteiger partial charge in [0.25, 0.3) is 11.8 Å². The molecule has 1 aliphatic carbocycles. The van der Waals surface area contributed by atoms with Crippen LogP contribution in [0.15, 0.2) is 42.7 Å². The Morgan fingerprint density at radius 2 is 1.73 bits per heavy atom. The lowest BCUT2D eigenvalue weighted by Gasteiger charge is -2.31. The van der Waals surface area contributed by atoms with Crippen LogP contribution in [0.3, 0.4) is 0 Å². The summed E-state index contributed by atoms with van der Waals surface area (Å²) in [6.07, 6.45) is 7.88. The maximum absolute atomic E-state index is 12.7. The molecule has 1 saturated heterocycles. The van der Waals surface area contributed by atoms with E-state index in [0.29, 0.717) is 17.8 Å². The summed E-state index contributed by atoms with van der Waals surface area (Å²) in [7, 11) is 0. The molecule has 8 nitrogen and oxygen atoms in total. The monoisotopic (exact) mass is 409 g/mol. The number of carbonyl (C=O) groups is 2. The predicted molar refractivity (Wildman–Crippen MR) is 115 cm³/mol. The van der Waals surface area contributed by atoms with E-state index in [4.69, 9.17) is 0 Å². The molecule has 2 amide bonds. The summed E-state index contributed by atoms with van der Waals surface area (Å²) >= 11 is 0. The molecule has 0 atom stereocenters. The number of piperazine rings is 1. The van der Waals surface area contributed by atoms with Crippen molar-refractivity contribution in [3.63, 3.8) is 0 Å². The summed E-state index contributed by atoms with van der Waals surface area (Å²) in [4.78, 5) is 37.3. The first-order valence-electron chi connectivity index (χ1n) is 10.7. The lowest BCUT2D eigenvalue weighted by atomic mass is 10.1. The molecule has 158 valence electrons. The van der Waals surface area contributed by atoms with Crippen LogP contribution in [0.25, 0.3) is 0 Å². The third kappa shape index (κ3) is 5.13. The third-order valence-corrected chi connectivity index (χ3v) is 5.85. The average molecular weight is 410 g/mol. The molecule has 8 heteroatoms. The Bertz CT molecular complexity index is 861. The number of hydrogen-bond acceptors (Lipinski definition) is 5. The van der Waals surface area contributed by atoms with Gasteiger partial charge < -0.3 is 20.4 Å². The quantitative estimate of drug-likeness (QED) is 0.646. The minimum Gasteiger partial charge on any atom is -0.349 e. The van der Waals surface area contributed by atoms with Crippen molar-refractivity contribution in [3.8, 4) is 0 Å². The van der Waals surface area contributed by atoms with Crippen molar-refractivity contribution in [2.75, 3.05) is 42.9 Å². The van der Waals surface area contributed by atoms with Gasteiger partial charge in [0.05, 0.1) is 37.4 Å². The fourth-order valence-corrected chi connectivity index (χ4v) is 4.20. The minimum absolute atomic E-state index is 0.0736. The Balaban J connectivity index is 1.30. The van der Waals surface area contributed by atoms with Crippen molar-refractivity contribution in [3.05, 3.63) is 48.3 Å². The number of quaternary nitrogens is 1. The van der Waals surface area contributed by atoms with Crippen LogP contribution in [0.2, 0.25) is 0 Å². The molecule has 2 aliphatic rings. The normalized spacial score (nSPS) is 17.7. The molecule has 4 rings (SSSR count). The summed E-state index contributed by atoms with van der Waals surface area (Å²) in [5.41, 5.74) is 1.10. The van der Waals surface area contributed by atoms with Crippen LogP contribution in [0.1, 0.15) is 36.0 Å². The number of carbonyl (C=O) groups excluding carboxylic acids is 2. The van der Waals surface area contributed by atoms with E-state index in [1.807, 2.05) is 12.1 Å². The Morgan fingerprint density at radius 1 is 1.03 bits per heavy atom. The van der Waals surface area contributed by atoms with Crippen LogP contribution in [0.5, 0.6) is 0 Å². The molecule has 3 N–H and O–H groups in total. The van der Waals surface area contributed by atoms with Gasteiger partial charge in [-0.05, 0) is 31.0 Å². The number of rotatable bonds is 6. The first-order chi connectivity index (χ1) is 14.7. The van der Waals surface area contributed by atoms with Gasteiger partial charge in [0.1, 0.15) is 0 Å². The van der Waals surface area contributed by atoms with Crippen molar-refractivity contribution in [2.24, 2.45) is 0 Å². The van der Waals surface area contributed by atoms with Gasteiger partial charge in [0.15, 0.2) is 6.54 Å². The number of hydrogen-bond donors (Lipinski definition) is 3. The van der Waals surface area contributed by atoms with E-state index in [1.165, 1.54) is 4.90 Å². The van der Waals surface area contributed by atoms with Crippen LogP contribution in [-0.2, 0) is 4.79 Å². The molecule has 2 fully saturated rings. The number of amides is 2. The van der Waals surface area contributed by atoms with E-state index in [-0.39, 0.29) is 17.9 Å². The zero-order valence-corrected chi connectivity index (χ0v) is 17.1. The number of anilines is 2. The van der Waals surface area contributed by atoms with Gasteiger partial charge in [0.2, 0.25) is 5.95 Å². The van der Waals surface area contributed by atoms with Crippen LogP contribution in [0.4, 0.5) is 11.6 Å². The Morgan fingerprint density at radius 3 is 2.47 bits per heavy atom. The molecule has 0 unspecified atom stereocenters. The number of nitrogens with one attached hydrogen (secondary N) is 3. The van der Waals surface area contributed by atoms with Crippen molar-refractivity contribution in [1.29, 1.82) is 0 Å². The van der Waals surface area contributed by atoms with E-state index < -0.39 is 0 Å². The molecule has 1 aromatic carbocycles. The predicted octanol–water partition coefficient (Wildman–Crippen LogP) is 0.493. The van der Waals surface area contributed by atoms with Gasteiger partial charge in [-0.2, -0.15) is 0 Å². The first kappa shape index (κ1) is 20.3. The SMILES string of the molecule is O=C(C[NH+]1CCN(c2ncccn2)CC1)Nc1ccccc1C(=O)NC1CCCC1. The summed E-state index contributed by atoms with van der Waals surface area (Å²) < 4.78 is 0. The van der Waals surface area contributed by atoms with Crippen molar-refractivity contribution < 1.29 is 14.5 Å². The molecule has 1 saturated carbocycles. The molecule has 30 heavy (non-hydrogen) atoms. The molecular weight excluding hydrogens is 380 g/mol. The highest BCUT2D eigenvalue weighted by molar-refractivity contribution is 6.04. The van der Waals surface area contributed by atoms with Crippen LogP contribution in [0, 0.1) is 0 Å². The molecule has 1 aromatic heterocycles. The maximum Gasteiger partial charge on any atom is 0.279 e. The van der Waals surface area contributed by atoms with Gasteiger partial charge in [-0.3, -0.25) is 9.59 Å². The lowest BCUT2D eigenvalue weighted by Crippen LogP contribution is -3.15. The standard InChI is InChI=1S/C22H28N6O2/c29-20(16-27-12-14-28(15-13-27)22-23-10-5-11-24-22)26-19-9-4-3-8-18(19)21(30)25-17-6-1-2-7-17/h3-5,8-11,17H,1-2,6-7,12-16H2,(H,25,30)(H,26,29)/p+1. The molecule has 2 aromatic rings. The summed E-state index contributed by atoms with van der Waals surface area (Å²) in [5, 5.41) is 6.05. The highest BCUT2D eigenvalue weighted by Crippen LogP contribution is 2.20. The Hall–Kier alpha value is -3.00. The lowest BCUT2D eigenvalue weighted by molar-refractivity contribution is -0.892. The van der Waals surface area contributed by atoms with E-state index in [0.717, 1.165) is 57.8 Å². The van der Waals surface area contributed by atoms with Gasteiger partial charge in [-0.15, -0.1) is 0 Å². The third-order valence-electron chi connectivity index (χ3n) is 5.85. The Kier molecular flexibility index (Phi) is 6.53. The number of benzene rings is 1. The summed E-state index contributed by atoms with van der Waals surface area (Å²) in [5.74, 6) is 0.556. The second kappa shape index (κ2) is 9.67. The van der Waals surface area contributed by atoms with E-state index in [2.05, 4.69) is 25.5 Å². The average Bonchev–Trinajstić information content (AvgIpc) is 3.28. The van der Waals surface area contributed by atoms with Gasteiger partial charge in [0, 0.05) is 18.4 Å². The highest BCUT2D eigenvalue weighted by atomic mass is 16.2. The van der Waals surface area contributed by atoms with E-state index >= 15 is 0 Å². The zero-order chi connectivity index (χ0) is 20.8. The molecule has 2 heterocycles. The fourth-order valence-electron chi connectivity index (χ4n) is 4.20. The second-order valence-corrected chi connectivity index (χ2v) is 8.01. The highest BCUT2D eigenvalue weighted by Gasteiger charge is 2.24. The molecule has 1 aliphatic heterocycles. The molecule has 0 radical (unpaired) electrons. The number of nitrogens with zero attached hydrogens (tertiary/aromatic N) is 3. The van der Waals surface area contributed by atoms with E-state index in [1.54, 1.807) is 30.6 Å². The van der Waals surface area contributed by atoms with Crippen LogP contribution in [-0.4, -0.2) is 60.5 Å². The Labute approximate surface area is 176 Å². The molecule has 0 bridgehead atoms. The smallest absolute Gasteiger partial charge is 0.279 e. The number of para-hydroxylation sites is 1. The van der Waals surface area contributed by atoms with Crippen LogP contribution >= 0.6 is 0 Å². The topological polar surface area (TPSA) is 91.7 Å². The minimum atomic E-state index is -0.110. The summed E-state index contributed by atoms with van der Waals surface area (Å²) in [6, 6.07) is 9.28. The number of aromatic nitrogens is 2. The van der Waals surface area contributed by atoms with Gasteiger partial charge in [-0.25, -0.2) is 9.97 Å². The largest absolute Gasteiger partial charge is 0.349 e.